The number of anilines is 1. The molecule has 0 aliphatic heterocycles. The first-order valence-electron chi connectivity index (χ1n) is 7.63. The van der Waals surface area contributed by atoms with Crippen LogP contribution in [0.4, 0.5) is 18.9 Å². The Morgan fingerprint density at radius 3 is 2.33 bits per heavy atom. The summed E-state index contributed by atoms with van der Waals surface area (Å²) in [6.07, 6.45) is -3.90. The number of amides is 1. The van der Waals surface area contributed by atoms with E-state index in [0.29, 0.717) is 10.4 Å². The fourth-order valence-electron chi connectivity index (χ4n) is 2.24. The van der Waals surface area contributed by atoms with Crippen LogP contribution in [0, 0.1) is 0 Å². The van der Waals surface area contributed by atoms with E-state index < -0.39 is 39.9 Å². The van der Waals surface area contributed by atoms with Gasteiger partial charge in [0.2, 0.25) is 15.9 Å². The summed E-state index contributed by atoms with van der Waals surface area (Å²) in [5.41, 5.74) is -0.696. The minimum absolute atomic E-state index is 0.146. The molecular formula is C17H16ClF3N2O3S. The van der Waals surface area contributed by atoms with Gasteiger partial charge in [-0.15, -0.1) is 0 Å². The highest BCUT2D eigenvalue weighted by atomic mass is 35.5. The lowest BCUT2D eigenvalue weighted by molar-refractivity contribution is -0.137. The van der Waals surface area contributed by atoms with Gasteiger partial charge >= 0.3 is 6.18 Å². The number of nitrogens with zero attached hydrogens (tertiary/aromatic N) is 1. The first kappa shape index (κ1) is 21.0. The van der Waals surface area contributed by atoms with E-state index in [1.807, 2.05) is 0 Å². The van der Waals surface area contributed by atoms with Gasteiger partial charge in [0, 0.05) is 6.54 Å². The summed E-state index contributed by atoms with van der Waals surface area (Å²) >= 11 is 5.90. The Labute approximate surface area is 159 Å². The van der Waals surface area contributed by atoms with Crippen LogP contribution in [-0.2, 0) is 27.5 Å². The zero-order chi connectivity index (χ0) is 20.2. The molecule has 0 fully saturated rings. The molecule has 0 radical (unpaired) electrons. The third-order valence-corrected chi connectivity index (χ3v) is 5.01. The van der Waals surface area contributed by atoms with Crippen molar-refractivity contribution in [2.45, 2.75) is 12.7 Å². The van der Waals surface area contributed by atoms with Crippen LogP contribution in [0.1, 0.15) is 11.1 Å². The SMILES string of the molecule is CS(=O)(=O)N(CC(=O)NCc1ccccc1)c1cc(C(F)(F)F)ccc1Cl. The van der Waals surface area contributed by atoms with Gasteiger partial charge in [0.25, 0.3) is 0 Å². The maximum atomic E-state index is 12.9. The fourth-order valence-corrected chi connectivity index (χ4v) is 3.37. The zero-order valence-electron chi connectivity index (χ0n) is 14.1. The van der Waals surface area contributed by atoms with Gasteiger partial charge in [-0.3, -0.25) is 9.10 Å². The lowest BCUT2D eigenvalue weighted by atomic mass is 10.2. The van der Waals surface area contributed by atoms with Gasteiger partial charge in [-0.1, -0.05) is 41.9 Å². The molecule has 0 spiro atoms. The molecule has 0 aromatic heterocycles. The molecule has 27 heavy (non-hydrogen) atoms. The number of carbonyl (C=O) groups is 1. The minimum atomic E-state index is -4.68. The van der Waals surface area contributed by atoms with Crippen molar-refractivity contribution < 1.29 is 26.4 Å². The quantitative estimate of drug-likeness (QED) is 0.778. The van der Waals surface area contributed by atoms with E-state index in [9.17, 15) is 26.4 Å². The van der Waals surface area contributed by atoms with Crippen LogP contribution in [0.5, 0.6) is 0 Å². The maximum Gasteiger partial charge on any atom is 0.416 e. The first-order chi connectivity index (χ1) is 12.5. The van der Waals surface area contributed by atoms with Crippen LogP contribution in [0.2, 0.25) is 5.02 Å². The monoisotopic (exact) mass is 420 g/mol. The molecule has 0 unspecified atom stereocenters. The van der Waals surface area contributed by atoms with Crippen molar-refractivity contribution in [3.8, 4) is 0 Å². The van der Waals surface area contributed by atoms with Gasteiger partial charge in [0.05, 0.1) is 22.5 Å². The fraction of sp³-hybridized carbons (Fsp3) is 0.235. The van der Waals surface area contributed by atoms with E-state index in [1.165, 1.54) is 0 Å². The van der Waals surface area contributed by atoms with E-state index in [0.717, 1.165) is 24.0 Å². The standard InChI is InChI=1S/C17H16ClF3N2O3S/c1-27(25,26)23(11-16(24)22-10-12-5-3-2-4-6-12)15-9-13(17(19,20)21)7-8-14(15)18/h2-9H,10-11H2,1H3,(H,22,24). The minimum Gasteiger partial charge on any atom is -0.350 e. The largest absolute Gasteiger partial charge is 0.416 e. The van der Waals surface area contributed by atoms with Crippen LogP contribution in [0.3, 0.4) is 0 Å². The molecule has 10 heteroatoms. The summed E-state index contributed by atoms with van der Waals surface area (Å²) in [6, 6.07) is 11.2. The second kappa shape index (κ2) is 8.18. The number of benzene rings is 2. The first-order valence-corrected chi connectivity index (χ1v) is 9.86. The number of hydrogen-bond acceptors (Lipinski definition) is 3. The van der Waals surface area contributed by atoms with Crippen LogP contribution in [0.25, 0.3) is 0 Å². The second-order valence-electron chi connectivity index (χ2n) is 5.70. The van der Waals surface area contributed by atoms with Crippen molar-refractivity contribution in [3.05, 3.63) is 64.7 Å². The Morgan fingerprint density at radius 1 is 1.15 bits per heavy atom. The zero-order valence-corrected chi connectivity index (χ0v) is 15.7. The molecule has 0 saturated carbocycles. The van der Waals surface area contributed by atoms with E-state index in [1.54, 1.807) is 30.3 Å². The molecule has 0 heterocycles. The number of halogens is 4. The molecule has 146 valence electrons. The summed E-state index contributed by atoms with van der Waals surface area (Å²) in [4.78, 5) is 12.2. The summed E-state index contributed by atoms with van der Waals surface area (Å²) in [7, 11) is -4.06. The Morgan fingerprint density at radius 2 is 1.78 bits per heavy atom. The third kappa shape index (κ3) is 5.86. The van der Waals surface area contributed by atoms with Gasteiger partial charge in [-0.2, -0.15) is 13.2 Å². The van der Waals surface area contributed by atoms with Crippen LogP contribution in [-0.4, -0.2) is 27.1 Å². The summed E-state index contributed by atoms with van der Waals surface area (Å²) < 4.78 is 63.5. The average Bonchev–Trinajstić information content (AvgIpc) is 2.57. The second-order valence-corrected chi connectivity index (χ2v) is 8.01. The third-order valence-electron chi connectivity index (χ3n) is 3.56. The van der Waals surface area contributed by atoms with Gasteiger partial charge in [-0.25, -0.2) is 8.42 Å². The number of rotatable bonds is 6. The number of alkyl halides is 3. The lowest BCUT2D eigenvalue weighted by Gasteiger charge is -2.24. The number of sulfonamides is 1. The van der Waals surface area contributed by atoms with E-state index >= 15 is 0 Å². The van der Waals surface area contributed by atoms with Crippen LogP contribution in [0.15, 0.2) is 48.5 Å². The summed E-state index contributed by atoms with van der Waals surface area (Å²) in [5.74, 6) is -0.683. The van der Waals surface area contributed by atoms with E-state index in [-0.39, 0.29) is 11.6 Å². The molecule has 0 aliphatic carbocycles. The predicted octanol–water partition coefficient (Wildman–Crippen LogP) is 3.44. The highest BCUT2D eigenvalue weighted by Gasteiger charge is 2.33. The van der Waals surface area contributed by atoms with Crippen molar-refractivity contribution >= 4 is 33.2 Å². The van der Waals surface area contributed by atoms with Crippen LogP contribution < -0.4 is 9.62 Å². The topological polar surface area (TPSA) is 66.5 Å². The molecule has 0 atom stereocenters. The Hall–Kier alpha value is -2.26. The van der Waals surface area contributed by atoms with Crippen molar-refractivity contribution in [1.29, 1.82) is 0 Å². The molecule has 2 rings (SSSR count). The molecule has 2 aromatic rings. The van der Waals surface area contributed by atoms with Gasteiger partial charge in [0.1, 0.15) is 6.54 Å². The highest BCUT2D eigenvalue weighted by Crippen LogP contribution is 2.36. The van der Waals surface area contributed by atoms with Crippen molar-refractivity contribution in [2.24, 2.45) is 0 Å². The Balaban J connectivity index is 2.25. The van der Waals surface area contributed by atoms with Gasteiger partial charge < -0.3 is 5.32 Å². The Kier molecular flexibility index (Phi) is 6.38. The highest BCUT2D eigenvalue weighted by molar-refractivity contribution is 7.92. The molecule has 1 N–H and O–H groups in total. The van der Waals surface area contributed by atoms with Crippen molar-refractivity contribution in [1.82, 2.24) is 5.32 Å². The molecule has 5 nitrogen and oxygen atoms in total. The average molecular weight is 421 g/mol. The number of hydrogen-bond donors (Lipinski definition) is 1. The van der Waals surface area contributed by atoms with Gasteiger partial charge in [0.15, 0.2) is 0 Å². The molecular weight excluding hydrogens is 405 g/mol. The maximum absolute atomic E-state index is 12.9. The van der Waals surface area contributed by atoms with Crippen LogP contribution >= 0.6 is 11.6 Å². The van der Waals surface area contributed by atoms with E-state index in [4.69, 9.17) is 11.6 Å². The summed E-state index contributed by atoms with van der Waals surface area (Å²) in [5, 5.41) is 2.31. The molecule has 0 aliphatic rings. The van der Waals surface area contributed by atoms with E-state index in [2.05, 4.69) is 5.32 Å². The number of nitrogens with one attached hydrogen (secondary N) is 1. The summed E-state index contributed by atoms with van der Waals surface area (Å²) in [6.45, 7) is -0.555. The van der Waals surface area contributed by atoms with Crippen molar-refractivity contribution in [3.63, 3.8) is 0 Å². The lowest BCUT2D eigenvalue weighted by Crippen LogP contribution is -2.40. The number of carbonyl (C=O) groups excluding carboxylic acids is 1. The predicted molar refractivity (Wildman–Crippen MR) is 96.9 cm³/mol. The van der Waals surface area contributed by atoms with Gasteiger partial charge in [-0.05, 0) is 23.8 Å². The Bertz CT molecular complexity index is 919. The molecule has 2 aromatic carbocycles. The smallest absolute Gasteiger partial charge is 0.350 e. The molecule has 0 saturated heterocycles. The molecule has 1 amide bonds. The van der Waals surface area contributed by atoms with Crippen molar-refractivity contribution in [2.75, 3.05) is 17.1 Å². The normalized spacial score (nSPS) is 11.9. The molecule has 0 bridgehead atoms.